The van der Waals surface area contributed by atoms with Gasteiger partial charge in [0.25, 0.3) is 17.7 Å². The van der Waals surface area contributed by atoms with E-state index in [0.717, 1.165) is 32.6 Å². The SMILES string of the molecule is Cc1cc(NC(=O)C2=CC(c3coc4ccccc34)CC(OCc3ccc(CO)cc3)O2)ccc1N1C(=O)c2ccc(Cl)cc2C1=O. The molecule has 0 bridgehead atoms. The molecule has 10 heteroatoms. The molecule has 2 unspecified atom stereocenters. The molecule has 3 heterocycles. The summed E-state index contributed by atoms with van der Waals surface area (Å²) in [6.45, 7) is 1.96. The van der Waals surface area contributed by atoms with E-state index in [9.17, 15) is 19.5 Å². The van der Waals surface area contributed by atoms with Crippen molar-refractivity contribution in [1.29, 1.82) is 0 Å². The fourth-order valence-electron chi connectivity index (χ4n) is 5.96. The Morgan fingerprint density at radius 3 is 2.53 bits per heavy atom. The topological polar surface area (TPSA) is 118 Å². The number of allylic oxidation sites excluding steroid dienone is 1. The molecule has 0 fully saturated rings. The lowest BCUT2D eigenvalue weighted by Gasteiger charge is -2.29. The van der Waals surface area contributed by atoms with Crippen molar-refractivity contribution in [3.8, 4) is 0 Å². The van der Waals surface area contributed by atoms with Crippen LogP contribution in [-0.4, -0.2) is 29.1 Å². The van der Waals surface area contributed by atoms with Gasteiger partial charge in [-0.1, -0.05) is 54.1 Å². The van der Waals surface area contributed by atoms with E-state index >= 15 is 0 Å². The van der Waals surface area contributed by atoms with Crippen LogP contribution in [0.5, 0.6) is 0 Å². The van der Waals surface area contributed by atoms with Gasteiger partial charge in [-0.3, -0.25) is 14.4 Å². The van der Waals surface area contributed by atoms with Crippen LogP contribution in [-0.2, 0) is 27.5 Å². The van der Waals surface area contributed by atoms with Crippen LogP contribution in [0.3, 0.4) is 0 Å². The summed E-state index contributed by atoms with van der Waals surface area (Å²) in [5.41, 5.74) is 5.36. The Morgan fingerprint density at radius 2 is 1.74 bits per heavy atom. The summed E-state index contributed by atoms with van der Waals surface area (Å²) in [6.07, 6.45) is 3.19. The van der Waals surface area contributed by atoms with Crippen molar-refractivity contribution < 1.29 is 33.4 Å². The fraction of sp³-hybridized carbons (Fsp3) is 0.162. The minimum absolute atomic E-state index is 0.0448. The number of aliphatic hydroxyl groups excluding tert-OH is 1. The van der Waals surface area contributed by atoms with Gasteiger partial charge in [0.05, 0.1) is 36.3 Å². The molecule has 0 saturated carbocycles. The lowest BCUT2D eigenvalue weighted by atomic mass is 9.92. The van der Waals surface area contributed by atoms with E-state index in [4.69, 9.17) is 25.5 Å². The molecule has 9 nitrogen and oxygen atoms in total. The standard InChI is InChI=1S/C37H29ClN2O7/c1-21-14-26(11-13-31(21)40-36(43)28-12-10-25(38)17-29(28)37(40)44)39-35(42)33-15-24(30-20-45-32-5-3-2-4-27(30)32)16-34(47-33)46-19-23-8-6-22(18-41)7-9-23/h2-15,17,20,24,34,41H,16,18-19H2,1H3,(H,39,42). The normalized spacial score (nSPS) is 17.4. The molecule has 3 amide bonds. The number of amides is 3. The zero-order valence-electron chi connectivity index (χ0n) is 25.2. The van der Waals surface area contributed by atoms with Crippen LogP contribution in [0.4, 0.5) is 11.4 Å². The third-order valence-corrected chi connectivity index (χ3v) is 8.61. The zero-order chi connectivity index (χ0) is 32.7. The second kappa shape index (κ2) is 12.5. The Labute approximate surface area is 275 Å². The molecule has 2 aliphatic heterocycles. The Kier molecular flexibility index (Phi) is 8.11. The maximum absolute atomic E-state index is 13.6. The number of hydrogen-bond donors (Lipinski definition) is 2. The highest BCUT2D eigenvalue weighted by Gasteiger charge is 2.37. The number of aryl methyl sites for hydroxylation is 1. The lowest BCUT2D eigenvalue weighted by Crippen LogP contribution is -2.30. The van der Waals surface area contributed by atoms with Gasteiger partial charge < -0.3 is 24.3 Å². The van der Waals surface area contributed by atoms with E-state index in [1.807, 2.05) is 48.5 Å². The quantitative estimate of drug-likeness (QED) is 0.170. The number of nitrogens with one attached hydrogen (secondary N) is 1. The minimum Gasteiger partial charge on any atom is -0.464 e. The molecule has 0 aliphatic carbocycles. The van der Waals surface area contributed by atoms with Crippen LogP contribution in [0.2, 0.25) is 5.02 Å². The average molecular weight is 649 g/mol. The highest BCUT2D eigenvalue weighted by molar-refractivity contribution is 6.37. The van der Waals surface area contributed by atoms with Gasteiger partial charge in [-0.15, -0.1) is 0 Å². The van der Waals surface area contributed by atoms with Crippen molar-refractivity contribution in [2.75, 3.05) is 10.2 Å². The van der Waals surface area contributed by atoms with E-state index in [1.165, 1.54) is 6.07 Å². The van der Waals surface area contributed by atoms with Crippen LogP contribution >= 0.6 is 11.6 Å². The van der Waals surface area contributed by atoms with Gasteiger partial charge in [0.15, 0.2) is 5.76 Å². The van der Waals surface area contributed by atoms with Gasteiger partial charge in [0.2, 0.25) is 6.29 Å². The van der Waals surface area contributed by atoms with E-state index in [2.05, 4.69) is 5.32 Å². The number of rotatable bonds is 8. The highest BCUT2D eigenvalue weighted by Crippen LogP contribution is 2.37. The number of carbonyl (C=O) groups excluding carboxylic acids is 3. The van der Waals surface area contributed by atoms with Crippen LogP contribution in [0, 0.1) is 6.92 Å². The first-order valence-corrected chi connectivity index (χ1v) is 15.4. The first-order valence-electron chi connectivity index (χ1n) is 15.0. The monoisotopic (exact) mass is 648 g/mol. The van der Waals surface area contributed by atoms with Crippen LogP contribution in [0.25, 0.3) is 11.0 Å². The van der Waals surface area contributed by atoms with Crippen molar-refractivity contribution in [2.45, 2.75) is 38.8 Å². The summed E-state index contributed by atoms with van der Waals surface area (Å²) in [5.74, 6) is -1.52. The van der Waals surface area contributed by atoms with Gasteiger partial charge in [0, 0.05) is 34.0 Å². The number of fused-ring (bicyclic) bond motifs is 2. The maximum Gasteiger partial charge on any atom is 0.290 e. The molecule has 2 aliphatic rings. The van der Waals surface area contributed by atoms with E-state index in [1.54, 1.807) is 49.6 Å². The third kappa shape index (κ3) is 5.92. The van der Waals surface area contributed by atoms with Crippen LogP contribution in [0.15, 0.2) is 107 Å². The number of halogens is 1. The Hall–Kier alpha value is -5.22. The summed E-state index contributed by atoms with van der Waals surface area (Å²) in [5, 5.41) is 13.5. The van der Waals surface area contributed by atoms with Crippen molar-refractivity contribution in [3.05, 3.63) is 141 Å². The summed E-state index contributed by atoms with van der Waals surface area (Å²) in [6, 6.07) is 24.7. The predicted octanol–water partition coefficient (Wildman–Crippen LogP) is 7.26. The van der Waals surface area contributed by atoms with Crippen molar-refractivity contribution in [1.82, 2.24) is 0 Å². The molecular weight excluding hydrogens is 620 g/mol. The fourth-order valence-corrected chi connectivity index (χ4v) is 6.13. The van der Waals surface area contributed by atoms with Gasteiger partial charge in [-0.05, 0) is 72.2 Å². The first-order chi connectivity index (χ1) is 22.8. The predicted molar refractivity (Wildman–Crippen MR) is 176 cm³/mol. The Bertz CT molecular complexity index is 2070. The van der Waals surface area contributed by atoms with Crippen LogP contribution in [0.1, 0.15) is 55.3 Å². The molecule has 5 aromatic rings. The molecule has 2 N–H and O–H groups in total. The number of hydrogen-bond acceptors (Lipinski definition) is 7. The number of nitrogens with zero attached hydrogens (tertiary/aromatic N) is 1. The van der Waals surface area contributed by atoms with E-state index in [0.29, 0.717) is 28.4 Å². The molecule has 47 heavy (non-hydrogen) atoms. The second-order valence-corrected chi connectivity index (χ2v) is 11.9. The number of furan rings is 1. The lowest BCUT2D eigenvalue weighted by molar-refractivity contribution is -0.147. The van der Waals surface area contributed by atoms with E-state index in [-0.39, 0.29) is 36.0 Å². The smallest absolute Gasteiger partial charge is 0.290 e. The molecule has 0 radical (unpaired) electrons. The molecule has 236 valence electrons. The third-order valence-electron chi connectivity index (χ3n) is 8.38. The minimum atomic E-state index is -0.733. The molecular formula is C37H29ClN2O7. The Morgan fingerprint density at radius 1 is 0.979 bits per heavy atom. The summed E-state index contributed by atoms with van der Waals surface area (Å²) < 4.78 is 18.0. The molecule has 0 spiro atoms. The number of benzene rings is 4. The maximum atomic E-state index is 13.6. The first kappa shape index (κ1) is 30.4. The number of carbonyl (C=O) groups is 3. The number of ether oxygens (including phenoxy) is 2. The summed E-state index contributed by atoms with van der Waals surface area (Å²) in [4.78, 5) is 41.0. The van der Waals surface area contributed by atoms with E-state index < -0.39 is 24.0 Å². The Balaban J connectivity index is 1.12. The van der Waals surface area contributed by atoms with Crippen molar-refractivity contribution >= 4 is 51.7 Å². The number of imide groups is 1. The highest BCUT2D eigenvalue weighted by atomic mass is 35.5. The van der Waals surface area contributed by atoms with Crippen LogP contribution < -0.4 is 10.2 Å². The van der Waals surface area contributed by atoms with Gasteiger partial charge in [-0.2, -0.15) is 0 Å². The molecule has 7 rings (SSSR count). The number of aliphatic hydroxyl groups is 1. The number of para-hydroxylation sites is 1. The zero-order valence-corrected chi connectivity index (χ0v) is 26.0. The van der Waals surface area contributed by atoms with Gasteiger partial charge >= 0.3 is 0 Å². The summed E-state index contributed by atoms with van der Waals surface area (Å²) >= 11 is 6.07. The van der Waals surface area contributed by atoms with Crippen molar-refractivity contribution in [2.24, 2.45) is 0 Å². The summed E-state index contributed by atoms with van der Waals surface area (Å²) in [7, 11) is 0. The number of anilines is 2. The average Bonchev–Trinajstić information content (AvgIpc) is 3.62. The molecule has 4 aromatic carbocycles. The largest absolute Gasteiger partial charge is 0.464 e. The van der Waals surface area contributed by atoms with Crippen molar-refractivity contribution in [3.63, 3.8) is 0 Å². The van der Waals surface area contributed by atoms with Gasteiger partial charge in [0.1, 0.15) is 5.58 Å². The molecule has 1 aromatic heterocycles. The molecule has 0 saturated heterocycles. The van der Waals surface area contributed by atoms with Gasteiger partial charge in [-0.25, -0.2) is 4.90 Å². The second-order valence-electron chi connectivity index (χ2n) is 11.5. The molecule has 2 atom stereocenters.